The molecule has 0 bridgehead atoms. The Hall–Kier alpha value is -2.33. The van der Waals surface area contributed by atoms with Gasteiger partial charge < -0.3 is 15.0 Å². The molecular formula is C20H24N2O2. The average Bonchev–Trinajstić information content (AvgIpc) is 2.60. The van der Waals surface area contributed by atoms with Gasteiger partial charge in [0, 0.05) is 31.2 Å². The number of nitrogens with one attached hydrogen (secondary N) is 1. The Balaban J connectivity index is 1.68. The summed E-state index contributed by atoms with van der Waals surface area (Å²) in [5.74, 6) is 0.801. The maximum Gasteiger partial charge on any atom is 0.254 e. The summed E-state index contributed by atoms with van der Waals surface area (Å²) in [6.45, 7) is 7.08. The van der Waals surface area contributed by atoms with Crippen LogP contribution in [0.3, 0.4) is 0 Å². The van der Waals surface area contributed by atoms with Crippen molar-refractivity contribution in [3.05, 3.63) is 65.2 Å². The summed E-state index contributed by atoms with van der Waals surface area (Å²) in [4.78, 5) is 14.7. The Morgan fingerprint density at radius 3 is 2.88 bits per heavy atom. The molecule has 3 rings (SSSR count). The molecular weight excluding hydrogens is 300 g/mol. The molecule has 0 aliphatic carbocycles. The lowest BCUT2D eigenvalue weighted by atomic mass is 10.1. The Bertz CT molecular complexity index is 714. The van der Waals surface area contributed by atoms with Gasteiger partial charge >= 0.3 is 0 Å². The third-order valence-electron chi connectivity index (χ3n) is 4.33. The van der Waals surface area contributed by atoms with Gasteiger partial charge in [0.2, 0.25) is 0 Å². The molecule has 0 saturated carbocycles. The van der Waals surface area contributed by atoms with Crippen LogP contribution in [0.15, 0.2) is 48.5 Å². The number of piperazine rings is 1. The van der Waals surface area contributed by atoms with Crippen molar-refractivity contribution in [2.75, 3.05) is 19.6 Å². The predicted octanol–water partition coefficient (Wildman–Crippen LogP) is 3.01. The van der Waals surface area contributed by atoms with Crippen LogP contribution in [-0.2, 0) is 6.61 Å². The summed E-state index contributed by atoms with van der Waals surface area (Å²) in [6, 6.07) is 15.9. The lowest BCUT2D eigenvalue weighted by molar-refractivity contribution is 0.0655. The van der Waals surface area contributed by atoms with Gasteiger partial charge in [0.05, 0.1) is 0 Å². The topological polar surface area (TPSA) is 41.6 Å². The monoisotopic (exact) mass is 324 g/mol. The summed E-state index contributed by atoms with van der Waals surface area (Å²) in [7, 11) is 0. The minimum absolute atomic E-state index is 0.0741. The number of nitrogens with zero attached hydrogens (tertiary/aromatic N) is 1. The summed E-state index contributed by atoms with van der Waals surface area (Å²) in [6.07, 6.45) is 0. The smallest absolute Gasteiger partial charge is 0.254 e. The van der Waals surface area contributed by atoms with Gasteiger partial charge in [0.25, 0.3) is 5.91 Å². The van der Waals surface area contributed by atoms with Crippen molar-refractivity contribution in [1.29, 1.82) is 0 Å². The first-order valence-electron chi connectivity index (χ1n) is 8.43. The first-order chi connectivity index (χ1) is 11.6. The third kappa shape index (κ3) is 3.95. The summed E-state index contributed by atoms with van der Waals surface area (Å²) < 4.78 is 5.87. The fraction of sp³-hybridized carbons (Fsp3) is 0.350. The van der Waals surface area contributed by atoms with Gasteiger partial charge in [-0.25, -0.2) is 0 Å². The van der Waals surface area contributed by atoms with Crippen LogP contribution in [0.4, 0.5) is 0 Å². The number of hydrogen-bond acceptors (Lipinski definition) is 3. The number of carbonyl (C=O) groups excluding carboxylic acids is 1. The fourth-order valence-electron chi connectivity index (χ4n) is 3.00. The molecule has 126 valence electrons. The van der Waals surface area contributed by atoms with Crippen molar-refractivity contribution in [2.24, 2.45) is 0 Å². The molecule has 4 nitrogen and oxygen atoms in total. The molecule has 1 saturated heterocycles. The predicted molar refractivity (Wildman–Crippen MR) is 95.3 cm³/mol. The number of carbonyl (C=O) groups is 1. The van der Waals surface area contributed by atoms with Gasteiger partial charge in [-0.2, -0.15) is 0 Å². The van der Waals surface area contributed by atoms with E-state index in [1.54, 1.807) is 0 Å². The molecule has 1 aliphatic rings. The van der Waals surface area contributed by atoms with Gasteiger partial charge in [0.1, 0.15) is 12.4 Å². The second kappa shape index (κ2) is 7.49. The molecule has 0 unspecified atom stereocenters. The van der Waals surface area contributed by atoms with Gasteiger partial charge in [-0.15, -0.1) is 0 Å². The standard InChI is InChI=1S/C20H24N2O2/c1-15-5-3-6-17(11-15)14-24-19-8-4-7-18(12-19)20(23)22-10-9-21-13-16(22)2/h3-8,11-12,16,21H,9-10,13-14H2,1-2H3/t16-/m0/s1. The Kier molecular flexibility index (Phi) is 5.16. The van der Waals surface area contributed by atoms with E-state index in [2.05, 4.69) is 31.3 Å². The van der Waals surface area contributed by atoms with Crippen LogP contribution < -0.4 is 10.1 Å². The van der Waals surface area contributed by atoms with Crippen LogP contribution in [-0.4, -0.2) is 36.5 Å². The highest BCUT2D eigenvalue weighted by Crippen LogP contribution is 2.18. The number of aryl methyl sites for hydroxylation is 1. The summed E-state index contributed by atoms with van der Waals surface area (Å²) in [5, 5.41) is 3.31. The maximum absolute atomic E-state index is 12.7. The van der Waals surface area contributed by atoms with Crippen LogP contribution in [0.2, 0.25) is 0 Å². The molecule has 2 aromatic carbocycles. The molecule has 0 radical (unpaired) electrons. The second-order valence-corrected chi connectivity index (χ2v) is 6.36. The minimum Gasteiger partial charge on any atom is -0.489 e. The highest BCUT2D eigenvalue weighted by Gasteiger charge is 2.24. The van der Waals surface area contributed by atoms with E-state index in [9.17, 15) is 4.79 Å². The zero-order valence-electron chi connectivity index (χ0n) is 14.3. The van der Waals surface area contributed by atoms with E-state index >= 15 is 0 Å². The lowest BCUT2D eigenvalue weighted by Crippen LogP contribution is -2.52. The van der Waals surface area contributed by atoms with Crippen LogP contribution in [0.5, 0.6) is 5.75 Å². The molecule has 2 aromatic rings. The molecule has 0 aromatic heterocycles. The van der Waals surface area contributed by atoms with Gasteiger partial charge in [-0.3, -0.25) is 4.79 Å². The van der Waals surface area contributed by atoms with Gasteiger partial charge in [-0.1, -0.05) is 35.9 Å². The van der Waals surface area contributed by atoms with E-state index < -0.39 is 0 Å². The van der Waals surface area contributed by atoms with E-state index in [0.29, 0.717) is 12.2 Å². The highest BCUT2D eigenvalue weighted by atomic mass is 16.5. The van der Waals surface area contributed by atoms with Crippen LogP contribution in [0.1, 0.15) is 28.4 Å². The molecule has 0 spiro atoms. The molecule has 1 heterocycles. The maximum atomic E-state index is 12.7. The molecule has 4 heteroatoms. The van der Waals surface area contributed by atoms with E-state index in [-0.39, 0.29) is 11.9 Å². The average molecular weight is 324 g/mol. The SMILES string of the molecule is Cc1cccc(COc2cccc(C(=O)N3CCNC[C@@H]3C)c2)c1. The highest BCUT2D eigenvalue weighted by molar-refractivity contribution is 5.94. The number of hydrogen-bond donors (Lipinski definition) is 1. The van der Waals surface area contributed by atoms with Crippen molar-refractivity contribution in [3.63, 3.8) is 0 Å². The number of ether oxygens (including phenoxy) is 1. The number of benzene rings is 2. The molecule has 1 aliphatic heterocycles. The molecule has 1 N–H and O–H groups in total. The van der Waals surface area contributed by atoms with Crippen molar-refractivity contribution >= 4 is 5.91 Å². The van der Waals surface area contributed by atoms with Crippen molar-refractivity contribution < 1.29 is 9.53 Å². The molecule has 24 heavy (non-hydrogen) atoms. The quantitative estimate of drug-likeness (QED) is 0.940. The van der Waals surface area contributed by atoms with Crippen molar-refractivity contribution in [1.82, 2.24) is 10.2 Å². The number of amides is 1. The van der Waals surface area contributed by atoms with Gasteiger partial charge in [-0.05, 0) is 37.6 Å². The summed E-state index contributed by atoms with van der Waals surface area (Å²) in [5.41, 5.74) is 3.03. The van der Waals surface area contributed by atoms with E-state index in [1.807, 2.05) is 41.3 Å². The van der Waals surface area contributed by atoms with E-state index in [4.69, 9.17) is 4.74 Å². The second-order valence-electron chi connectivity index (χ2n) is 6.36. The summed E-state index contributed by atoms with van der Waals surface area (Å²) >= 11 is 0. The fourth-order valence-corrected chi connectivity index (χ4v) is 3.00. The Morgan fingerprint density at radius 2 is 2.08 bits per heavy atom. The number of rotatable bonds is 4. The van der Waals surface area contributed by atoms with Crippen LogP contribution in [0.25, 0.3) is 0 Å². The molecule has 1 fully saturated rings. The largest absolute Gasteiger partial charge is 0.489 e. The molecule has 1 amide bonds. The third-order valence-corrected chi connectivity index (χ3v) is 4.33. The zero-order valence-corrected chi connectivity index (χ0v) is 14.3. The normalized spacial score (nSPS) is 17.6. The Labute approximate surface area is 143 Å². The van der Waals surface area contributed by atoms with E-state index in [1.165, 1.54) is 5.56 Å². The first kappa shape index (κ1) is 16.5. The lowest BCUT2D eigenvalue weighted by Gasteiger charge is -2.34. The molecule has 1 atom stereocenters. The minimum atomic E-state index is 0.0741. The zero-order chi connectivity index (χ0) is 16.9. The van der Waals surface area contributed by atoms with Crippen LogP contribution in [0, 0.1) is 6.92 Å². The van der Waals surface area contributed by atoms with Crippen molar-refractivity contribution in [3.8, 4) is 5.75 Å². The first-order valence-corrected chi connectivity index (χ1v) is 8.43. The van der Waals surface area contributed by atoms with Crippen LogP contribution >= 0.6 is 0 Å². The van der Waals surface area contributed by atoms with E-state index in [0.717, 1.165) is 30.9 Å². The Morgan fingerprint density at radius 1 is 1.25 bits per heavy atom. The van der Waals surface area contributed by atoms with Gasteiger partial charge in [0.15, 0.2) is 0 Å². The van der Waals surface area contributed by atoms with Crippen molar-refractivity contribution in [2.45, 2.75) is 26.5 Å².